The van der Waals surface area contributed by atoms with Crippen molar-refractivity contribution in [1.82, 2.24) is 24.8 Å². The van der Waals surface area contributed by atoms with Crippen LogP contribution in [0.25, 0.3) is 11.2 Å². The molecule has 1 unspecified atom stereocenters. The maximum Gasteiger partial charge on any atom is 0.234 e. The Morgan fingerprint density at radius 3 is 2.87 bits per heavy atom. The van der Waals surface area contributed by atoms with Gasteiger partial charge >= 0.3 is 0 Å². The second kappa shape index (κ2) is 7.15. The van der Waals surface area contributed by atoms with Gasteiger partial charge in [0, 0.05) is 6.04 Å². The summed E-state index contributed by atoms with van der Waals surface area (Å²) in [6.45, 7) is -0.159. The molecule has 30 heavy (non-hydrogen) atoms. The summed E-state index contributed by atoms with van der Waals surface area (Å²) in [7, 11) is 0. The average Bonchev–Trinajstić information content (AvgIpc) is 3.30. The van der Waals surface area contributed by atoms with E-state index in [1.54, 1.807) is 0 Å². The van der Waals surface area contributed by atoms with Crippen LogP contribution in [0.4, 0.5) is 5.82 Å². The van der Waals surface area contributed by atoms with Gasteiger partial charge in [0.15, 0.2) is 11.5 Å². The first-order valence-electron chi connectivity index (χ1n) is 9.60. The Hall–Kier alpha value is -2.83. The number of ether oxygens (including phenoxy) is 2. The van der Waals surface area contributed by atoms with Gasteiger partial charge in [-0.15, -0.1) is 0 Å². The molecule has 2 aromatic heterocycles. The van der Waals surface area contributed by atoms with E-state index >= 15 is 0 Å². The number of nitrogens with zero attached hydrogens (tertiary/aromatic N) is 4. The van der Waals surface area contributed by atoms with Gasteiger partial charge in [0.25, 0.3) is 0 Å². The summed E-state index contributed by atoms with van der Waals surface area (Å²) in [6.07, 6.45) is -0.476. The molecule has 0 bridgehead atoms. The van der Waals surface area contributed by atoms with E-state index in [-0.39, 0.29) is 11.9 Å². The number of aromatic nitrogens is 4. The van der Waals surface area contributed by atoms with Gasteiger partial charge in [0.1, 0.15) is 48.8 Å². The van der Waals surface area contributed by atoms with Crippen molar-refractivity contribution >= 4 is 17.0 Å². The molecule has 0 saturated carbocycles. The van der Waals surface area contributed by atoms with Crippen LogP contribution in [0.5, 0.6) is 5.75 Å². The number of imidazole rings is 1. The van der Waals surface area contributed by atoms with Crippen LogP contribution in [0, 0.1) is 0 Å². The molecule has 11 heteroatoms. The van der Waals surface area contributed by atoms with Gasteiger partial charge in [-0.05, 0) is 18.1 Å². The summed E-state index contributed by atoms with van der Waals surface area (Å²) in [5.74, 6) is -0.669. The Bertz CT molecular complexity index is 1080. The fourth-order valence-electron chi connectivity index (χ4n) is 4.15. The van der Waals surface area contributed by atoms with Crippen molar-refractivity contribution in [3.05, 3.63) is 42.5 Å². The molecule has 3 aromatic rings. The molecule has 0 aliphatic carbocycles. The molecule has 4 heterocycles. The van der Waals surface area contributed by atoms with Gasteiger partial charge in [-0.3, -0.25) is 9.88 Å². The molecule has 1 saturated heterocycles. The van der Waals surface area contributed by atoms with Gasteiger partial charge in [0.2, 0.25) is 5.85 Å². The number of aliphatic hydroxyl groups excluding tert-OH is 3. The highest BCUT2D eigenvalue weighted by molar-refractivity contribution is 5.81. The first-order chi connectivity index (χ1) is 14.5. The molecule has 1 fully saturated rings. The molecule has 0 radical (unpaired) electrons. The molecule has 6 N–H and O–H groups in total. The van der Waals surface area contributed by atoms with E-state index in [0.717, 1.165) is 11.3 Å². The molecule has 2 aliphatic rings. The lowest BCUT2D eigenvalue weighted by Gasteiger charge is -2.39. The molecular formula is C19H22N6O5. The largest absolute Gasteiger partial charge is 0.492 e. The summed E-state index contributed by atoms with van der Waals surface area (Å²) < 4.78 is 13.3. The van der Waals surface area contributed by atoms with Gasteiger partial charge < -0.3 is 30.5 Å². The Kier molecular flexibility index (Phi) is 4.56. The third-order valence-electron chi connectivity index (χ3n) is 5.63. The van der Waals surface area contributed by atoms with Gasteiger partial charge in [-0.2, -0.15) is 0 Å². The number of rotatable bonds is 4. The second-order valence-electron chi connectivity index (χ2n) is 7.48. The second-order valence-corrected chi connectivity index (χ2v) is 7.48. The average molecular weight is 414 g/mol. The lowest BCUT2D eigenvalue weighted by Crippen LogP contribution is -2.61. The van der Waals surface area contributed by atoms with Crippen molar-refractivity contribution in [2.75, 3.05) is 18.9 Å². The Balaban J connectivity index is 1.57. The topological polar surface area (TPSA) is 161 Å². The number of nitrogens with one attached hydrogen (secondary N) is 1. The van der Waals surface area contributed by atoms with E-state index in [2.05, 4.69) is 20.3 Å². The normalized spacial score (nSPS) is 30.9. The minimum absolute atomic E-state index is 0.176. The third-order valence-corrected chi connectivity index (χ3v) is 5.63. The van der Waals surface area contributed by atoms with Crippen LogP contribution in [0.2, 0.25) is 0 Å². The van der Waals surface area contributed by atoms with Crippen molar-refractivity contribution < 1.29 is 24.8 Å². The zero-order chi connectivity index (χ0) is 20.9. The molecule has 1 aromatic carbocycles. The zero-order valence-corrected chi connectivity index (χ0v) is 15.9. The Morgan fingerprint density at radius 2 is 2.07 bits per heavy atom. The first-order valence-corrected chi connectivity index (χ1v) is 9.60. The molecule has 2 aliphatic heterocycles. The smallest absolute Gasteiger partial charge is 0.234 e. The fourth-order valence-corrected chi connectivity index (χ4v) is 4.15. The number of anilines is 1. The summed E-state index contributed by atoms with van der Waals surface area (Å²) >= 11 is 0. The van der Waals surface area contributed by atoms with Gasteiger partial charge in [0.05, 0.1) is 6.61 Å². The molecular weight excluding hydrogens is 392 g/mol. The van der Waals surface area contributed by atoms with E-state index in [0.29, 0.717) is 24.2 Å². The van der Waals surface area contributed by atoms with E-state index < -0.39 is 30.8 Å². The van der Waals surface area contributed by atoms with Crippen molar-refractivity contribution in [2.24, 2.45) is 0 Å². The predicted octanol–water partition coefficient (Wildman–Crippen LogP) is -1.28. The summed E-state index contributed by atoms with van der Waals surface area (Å²) in [4.78, 5) is 12.4. The number of nitrogen functional groups attached to an aromatic ring is 1. The highest BCUT2D eigenvalue weighted by Gasteiger charge is 2.57. The minimum Gasteiger partial charge on any atom is -0.492 e. The molecule has 0 spiro atoms. The number of fused-ring (bicyclic) bond motifs is 2. The Labute approximate surface area is 171 Å². The quantitative estimate of drug-likeness (QED) is 0.348. The number of aliphatic hydroxyl groups is 3. The lowest BCUT2D eigenvalue weighted by molar-refractivity contribution is -0.175. The van der Waals surface area contributed by atoms with Gasteiger partial charge in [-0.1, -0.05) is 18.2 Å². The molecule has 5 rings (SSSR count). The number of para-hydroxylation sites is 1. The van der Waals surface area contributed by atoms with Crippen LogP contribution in [-0.4, -0.2) is 72.4 Å². The van der Waals surface area contributed by atoms with Gasteiger partial charge in [-0.25, -0.2) is 15.0 Å². The molecule has 11 nitrogen and oxygen atoms in total. The fraction of sp³-hybridized carbons (Fsp3) is 0.421. The van der Waals surface area contributed by atoms with Crippen LogP contribution in [0.3, 0.4) is 0 Å². The summed E-state index contributed by atoms with van der Waals surface area (Å²) in [6, 6.07) is 7.43. The monoisotopic (exact) mass is 414 g/mol. The van der Waals surface area contributed by atoms with Crippen LogP contribution in [0.15, 0.2) is 36.9 Å². The minimum atomic E-state index is -1.65. The van der Waals surface area contributed by atoms with Crippen molar-refractivity contribution in [3.63, 3.8) is 0 Å². The maximum atomic E-state index is 11.0. The first kappa shape index (κ1) is 19.2. The number of nitrogens with two attached hydrogens (primary N) is 1. The van der Waals surface area contributed by atoms with Crippen molar-refractivity contribution in [3.8, 4) is 5.75 Å². The van der Waals surface area contributed by atoms with Crippen LogP contribution in [0.1, 0.15) is 5.56 Å². The van der Waals surface area contributed by atoms with Crippen LogP contribution in [-0.2, 0) is 17.0 Å². The van der Waals surface area contributed by atoms with E-state index in [1.807, 2.05) is 24.3 Å². The predicted molar refractivity (Wildman–Crippen MR) is 104 cm³/mol. The van der Waals surface area contributed by atoms with Crippen LogP contribution >= 0.6 is 0 Å². The van der Waals surface area contributed by atoms with Crippen molar-refractivity contribution in [1.29, 1.82) is 0 Å². The third kappa shape index (κ3) is 2.82. The maximum absolute atomic E-state index is 11.0. The van der Waals surface area contributed by atoms with E-state index in [4.69, 9.17) is 15.2 Å². The lowest BCUT2D eigenvalue weighted by atomic mass is 10.0. The van der Waals surface area contributed by atoms with Crippen molar-refractivity contribution in [2.45, 2.75) is 36.6 Å². The van der Waals surface area contributed by atoms with Crippen LogP contribution < -0.4 is 15.8 Å². The molecule has 158 valence electrons. The highest BCUT2D eigenvalue weighted by atomic mass is 16.6. The molecule has 0 amide bonds. The Morgan fingerprint density at radius 1 is 1.23 bits per heavy atom. The van der Waals surface area contributed by atoms with E-state index in [1.165, 1.54) is 17.2 Å². The number of hydrogen-bond donors (Lipinski definition) is 5. The molecule has 5 atom stereocenters. The summed E-state index contributed by atoms with van der Waals surface area (Å²) in [5, 5.41) is 34.5. The zero-order valence-electron chi connectivity index (χ0n) is 15.9. The van der Waals surface area contributed by atoms with E-state index in [9.17, 15) is 15.3 Å². The number of benzene rings is 1. The standard InChI is InChI=1S/C19H22N6O5/c20-17-14-18(22-8-21-17)25(9-23-14)19(16(28)15(27)13(6-26)30-19)24-11-5-10-3-1-2-4-12(10)29-7-11/h1-4,8-9,11,13,15-16,24,26-28H,5-7H2,(H2,20,21,22)/t11?,13-,15-,16-,19+/m1/s1. The number of hydrogen-bond acceptors (Lipinski definition) is 10. The SMILES string of the molecule is Nc1ncnc2c1ncn2[C@]1(NC2COc3ccccc3C2)O[C@H](CO)[C@@H](O)[C@H]1O. The highest BCUT2D eigenvalue weighted by Crippen LogP contribution is 2.37. The summed E-state index contributed by atoms with van der Waals surface area (Å²) in [5.41, 5.74) is 7.56.